The highest BCUT2D eigenvalue weighted by molar-refractivity contribution is 5.81. The molecule has 22 heavy (non-hydrogen) atoms. The number of hydrogen-bond donors (Lipinski definition) is 1. The van der Waals surface area contributed by atoms with Crippen LogP contribution in [-0.2, 0) is 14.3 Å². The van der Waals surface area contributed by atoms with E-state index in [-0.39, 0.29) is 29.3 Å². The summed E-state index contributed by atoms with van der Waals surface area (Å²) in [6.45, 7) is 3.54. The van der Waals surface area contributed by atoms with Gasteiger partial charge in [-0.2, -0.15) is 0 Å². The number of carbonyl (C=O) groups is 2. The zero-order valence-electron chi connectivity index (χ0n) is 13.3. The summed E-state index contributed by atoms with van der Waals surface area (Å²) in [5.74, 6) is 0.437. The fourth-order valence-electron chi connectivity index (χ4n) is 3.97. The molecule has 2 aliphatic heterocycles. The van der Waals surface area contributed by atoms with Crippen molar-refractivity contribution in [3.05, 3.63) is 0 Å². The molecule has 0 atom stereocenters. The summed E-state index contributed by atoms with van der Waals surface area (Å²) < 4.78 is 5.06. The summed E-state index contributed by atoms with van der Waals surface area (Å²) >= 11 is 0. The Bertz CT molecular complexity index is 439. The van der Waals surface area contributed by atoms with Crippen LogP contribution in [0.5, 0.6) is 0 Å². The minimum Gasteiger partial charge on any atom is -0.393 e. The minimum absolute atomic E-state index is 0.0208. The summed E-state index contributed by atoms with van der Waals surface area (Å²) in [5.41, 5.74) is 0.0563. The monoisotopic (exact) mass is 310 g/mol. The second kappa shape index (κ2) is 6.16. The number of hydrogen-bond acceptors (Lipinski definition) is 4. The lowest BCUT2D eigenvalue weighted by atomic mass is 9.76. The number of piperidine rings is 1. The molecule has 124 valence electrons. The SMILES string of the molecule is COCCN1CC2(CCN(C(=O)C3CC(O)C3)CC2)CC1=O. The molecule has 1 spiro atoms. The maximum absolute atomic E-state index is 12.3. The van der Waals surface area contributed by atoms with E-state index in [2.05, 4.69) is 0 Å². The van der Waals surface area contributed by atoms with Gasteiger partial charge < -0.3 is 19.6 Å². The molecular weight excluding hydrogens is 284 g/mol. The Balaban J connectivity index is 1.51. The van der Waals surface area contributed by atoms with Gasteiger partial charge in [-0.3, -0.25) is 9.59 Å². The maximum atomic E-state index is 12.3. The molecule has 6 heteroatoms. The maximum Gasteiger partial charge on any atom is 0.225 e. The molecule has 3 rings (SSSR count). The lowest BCUT2D eigenvalue weighted by Gasteiger charge is -2.42. The van der Waals surface area contributed by atoms with E-state index in [0.29, 0.717) is 32.4 Å². The first-order valence-electron chi connectivity index (χ1n) is 8.26. The van der Waals surface area contributed by atoms with E-state index in [4.69, 9.17) is 4.74 Å². The predicted octanol–water partition coefficient (Wildman–Crippen LogP) is 0.245. The average Bonchev–Trinajstić information content (AvgIpc) is 2.78. The zero-order valence-corrected chi connectivity index (χ0v) is 13.3. The van der Waals surface area contributed by atoms with Gasteiger partial charge in [-0.25, -0.2) is 0 Å². The topological polar surface area (TPSA) is 70.1 Å². The largest absolute Gasteiger partial charge is 0.393 e. The zero-order chi connectivity index (χ0) is 15.7. The van der Waals surface area contributed by atoms with Gasteiger partial charge in [0.2, 0.25) is 11.8 Å². The van der Waals surface area contributed by atoms with Crippen LogP contribution in [-0.4, -0.2) is 72.7 Å². The van der Waals surface area contributed by atoms with E-state index < -0.39 is 0 Å². The van der Waals surface area contributed by atoms with Gasteiger partial charge in [0.1, 0.15) is 0 Å². The lowest BCUT2D eigenvalue weighted by molar-refractivity contribution is -0.144. The van der Waals surface area contributed by atoms with Crippen molar-refractivity contribution in [1.29, 1.82) is 0 Å². The minimum atomic E-state index is -0.285. The standard InChI is InChI=1S/C16H26N2O4/c1-22-7-6-18-11-16(10-14(18)20)2-4-17(5-3-16)15(21)12-8-13(19)9-12/h12-13,19H,2-11H2,1H3. The molecule has 2 heterocycles. The summed E-state index contributed by atoms with van der Waals surface area (Å²) in [6.07, 6.45) is 3.37. The highest BCUT2D eigenvalue weighted by Gasteiger charge is 2.46. The van der Waals surface area contributed by atoms with Gasteiger partial charge >= 0.3 is 0 Å². The molecule has 1 N–H and O–H groups in total. The molecule has 0 aromatic heterocycles. The molecule has 6 nitrogen and oxygen atoms in total. The van der Waals surface area contributed by atoms with Gasteiger partial charge in [0.15, 0.2) is 0 Å². The molecule has 0 radical (unpaired) electrons. The molecule has 1 saturated carbocycles. The van der Waals surface area contributed by atoms with Crippen LogP contribution in [0.1, 0.15) is 32.1 Å². The summed E-state index contributed by atoms with van der Waals surface area (Å²) in [6, 6.07) is 0. The Labute approximate surface area is 131 Å². The molecular formula is C16H26N2O4. The third kappa shape index (κ3) is 2.99. The smallest absolute Gasteiger partial charge is 0.225 e. The fourth-order valence-corrected chi connectivity index (χ4v) is 3.97. The van der Waals surface area contributed by atoms with E-state index in [1.54, 1.807) is 7.11 Å². The number of rotatable bonds is 4. The molecule has 3 aliphatic rings. The summed E-state index contributed by atoms with van der Waals surface area (Å²) in [4.78, 5) is 28.3. The van der Waals surface area contributed by atoms with Crippen molar-refractivity contribution in [2.45, 2.75) is 38.2 Å². The van der Waals surface area contributed by atoms with Crippen LogP contribution in [0, 0.1) is 11.3 Å². The third-order valence-electron chi connectivity index (χ3n) is 5.57. The molecule has 0 unspecified atom stereocenters. The van der Waals surface area contributed by atoms with Crippen LogP contribution in [0.3, 0.4) is 0 Å². The van der Waals surface area contributed by atoms with Crippen LogP contribution in [0.25, 0.3) is 0 Å². The Morgan fingerprint density at radius 3 is 2.64 bits per heavy atom. The van der Waals surface area contributed by atoms with E-state index in [1.807, 2.05) is 9.80 Å². The molecule has 2 saturated heterocycles. The predicted molar refractivity (Wildman–Crippen MR) is 80.1 cm³/mol. The number of amides is 2. The molecule has 0 aromatic carbocycles. The van der Waals surface area contributed by atoms with Crippen molar-refractivity contribution in [1.82, 2.24) is 9.80 Å². The third-order valence-corrected chi connectivity index (χ3v) is 5.57. The number of likely N-dealkylation sites (tertiary alicyclic amines) is 2. The van der Waals surface area contributed by atoms with Crippen LogP contribution < -0.4 is 0 Å². The second-order valence-corrected chi connectivity index (χ2v) is 7.13. The highest BCUT2D eigenvalue weighted by atomic mass is 16.5. The van der Waals surface area contributed by atoms with Gasteiger partial charge in [-0.15, -0.1) is 0 Å². The quantitative estimate of drug-likeness (QED) is 0.808. The Hall–Kier alpha value is -1.14. The molecule has 0 bridgehead atoms. The second-order valence-electron chi connectivity index (χ2n) is 7.13. The van der Waals surface area contributed by atoms with E-state index in [1.165, 1.54) is 0 Å². The molecule has 0 aromatic rings. The van der Waals surface area contributed by atoms with Crippen molar-refractivity contribution in [2.24, 2.45) is 11.3 Å². The molecule has 3 fully saturated rings. The normalized spacial score (nSPS) is 30.7. The lowest BCUT2D eigenvalue weighted by Crippen LogP contribution is -2.49. The van der Waals surface area contributed by atoms with Gasteiger partial charge in [0.25, 0.3) is 0 Å². The summed E-state index contributed by atoms with van der Waals surface area (Å²) in [5, 5.41) is 9.34. The van der Waals surface area contributed by atoms with Gasteiger partial charge in [0, 0.05) is 51.0 Å². The summed E-state index contributed by atoms with van der Waals surface area (Å²) in [7, 11) is 1.65. The van der Waals surface area contributed by atoms with E-state index in [9.17, 15) is 14.7 Å². The van der Waals surface area contributed by atoms with Crippen molar-refractivity contribution < 1.29 is 19.4 Å². The van der Waals surface area contributed by atoms with Crippen molar-refractivity contribution >= 4 is 11.8 Å². The number of ether oxygens (including phenoxy) is 1. The molecule has 2 amide bonds. The van der Waals surface area contributed by atoms with Crippen LogP contribution in [0.2, 0.25) is 0 Å². The van der Waals surface area contributed by atoms with Crippen LogP contribution in [0.15, 0.2) is 0 Å². The van der Waals surface area contributed by atoms with E-state index in [0.717, 1.165) is 32.5 Å². The number of aliphatic hydroxyl groups is 1. The molecule has 1 aliphatic carbocycles. The highest BCUT2D eigenvalue weighted by Crippen LogP contribution is 2.41. The first kappa shape index (κ1) is 15.7. The first-order valence-corrected chi connectivity index (χ1v) is 8.26. The average molecular weight is 310 g/mol. The van der Waals surface area contributed by atoms with Crippen molar-refractivity contribution in [3.8, 4) is 0 Å². The Kier molecular flexibility index (Phi) is 4.41. The Morgan fingerprint density at radius 2 is 2.05 bits per heavy atom. The first-order chi connectivity index (χ1) is 10.5. The number of nitrogens with zero attached hydrogens (tertiary/aromatic N) is 2. The van der Waals surface area contributed by atoms with Gasteiger partial charge in [-0.05, 0) is 25.7 Å². The van der Waals surface area contributed by atoms with E-state index >= 15 is 0 Å². The number of carbonyl (C=O) groups excluding carboxylic acids is 2. The van der Waals surface area contributed by atoms with Gasteiger partial charge in [-0.1, -0.05) is 0 Å². The number of methoxy groups -OCH3 is 1. The van der Waals surface area contributed by atoms with Crippen molar-refractivity contribution in [2.75, 3.05) is 39.9 Å². The Morgan fingerprint density at radius 1 is 1.36 bits per heavy atom. The van der Waals surface area contributed by atoms with Crippen LogP contribution in [0.4, 0.5) is 0 Å². The number of aliphatic hydroxyl groups excluding tert-OH is 1. The van der Waals surface area contributed by atoms with Crippen LogP contribution >= 0.6 is 0 Å². The van der Waals surface area contributed by atoms with Gasteiger partial charge in [0.05, 0.1) is 12.7 Å². The fraction of sp³-hybridized carbons (Fsp3) is 0.875. The van der Waals surface area contributed by atoms with Crippen molar-refractivity contribution in [3.63, 3.8) is 0 Å².